The number of nitrogens with zero attached hydrogens (tertiary/aromatic N) is 3. The maximum Gasteiger partial charge on any atom is 0.181 e. The minimum absolute atomic E-state index is 0.180. The monoisotopic (exact) mass is 217 g/mol. The number of rotatable bonds is 0. The third kappa shape index (κ3) is 1.23. The number of pyridine rings is 1. The molecule has 0 spiro atoms. The Bertz CT molecular complexity index is 342. The van der Waals surface area contributed by atoms with Crippen LogP contribution in [0.2, 0.25) is 5.15 Å². The van der Waals surface area contributed by atoms with Crippen molar-refractivity contribution in [1.29, 1.82) is 0 Å². The number of hydrogen-bond acceptors (Lipinski definition) is 3. The number of alkyl halides is 1. The number of aromatic nitrogens is 1. The van der Waals surface area contributed by atoms with Crippen molar-refractivity contribution in [3.63, 3.8) is 0 Å². The smallest absolute Gasteiger partial charge is 0.181 e. The molecule has 0 aromatic carbocycles. The van der Waals surface area contributed by atoms with Crippen LogP contribution in [0, 0.1) is 0 Å². The second kappa shape index (κ2) is 2.93. The van der Waals surface area contributed by atoms with E-state index in [0.717, 1.165) is 11.5 Å². The number of hydrogen-bond donors (Lipinski definition) is 0. The Morgan fingerprint density at radius 3 is 2.69 bits per heavy atom. The van der Waals surface area contributed by atoms with E-state index in [4.69, 9.17) is 23.2 Å². The van der Waals surface area contributed by atoms with Crippen LogP contribution in [-0.2, 0) is 0 Å². The van der Waals surface area contributed by atoms with E-state index in [1.807, 2.05) is 30.0 Å². The number of halogens is 2. The minimum atomic E-state index is -0.180. The first-order valence-corrected chi connectivity index (χ1v) is 4.69. The average Bonchev–Trinajstić information content (AvgIpc) is 2.32. The molecule has 2 heterocycles. The molecule has 5 heteroatoms. The van der Waals surface area contributed by atoms with Crippen molar-refractivity contribution < 1.29 is 0 Å². The maximum atomic E-state index is 6.10. The van der Waals surface area contributed by atoms with Gasteiger partial charge in [0.25, 0.3) is 0 Å². The molecule has 13 heavy (non-hydrogen) atoms. The van der Waals surface area contributed by atoms with E-state index in [1.165, 1.54) is 0 Å². The Hall–Kier alpha value is -0.670. The Kier molecular flexibility index (Phi) is 2.00. The molecule has 0 bridgehead atoms. The summed E-state index contributed by atoms with van der Waals surface area (Å²) in [4.78, 5) is 8.02. The molecule has 0 saturated carbocycles. The molecule has 1 aromatic rings. The zero-order chi connectivity index (χ0) is 9.59. The van der Waals surface area contributed by atoms with E-state index >= 15 is 0 Å². The second-order valence-corrected chi connectivity index (χ2v) is 3.79. The summed E-state index contributed by atoms with van der Waals surface area (Å²) in [6.07, 6.45) is 0. The van der Waals surface area contributed by atoms with Crippen molar-refractivity contribution in [2.24, 2.45) is 0 Å². The van der Waals surface area contributed by atoms with Gasteiger partial charge in [-0.2, -0.15) is 0 Å². The van der Waals surface area contributed by atoms with Crippen molar-refractivity contribution in [3.05, 3.63) is 17.3 Å². The van der Waals surface area contributed by atoms with Crippen LogP contribution in [0.5, 0.6) is 0 Å². The van der Waals surface area contributed by atoms with Gasteiger partial charge < -0.3 is 9.80 Å². The molecule has 0 aliphatic carbocycles. The predicted molar refractivity (Wildman–Crippen MR) is 55.7 cm³/mol. The summed E-state index contributed by atoms with van der Waals surface area (Å²) in [6.45, 7) is 0. The van der Waals surface area contributed by atoms with Crippen molar-refractivity contribution in [3.8, 4) is 0 Å². The summed E-state index contributed by atoms with van der Waals surface area (Å²) < 4.78 is 0. The van der Waals surface area contributed by atoms with Crippen LogP contribution < -0.4 is 9.80 Å². The molecule has 2 rings (SSSR count). The van der Waals surface area contributed by atoms with Crippen LogP contribution in [-0.4, -0.2) is 24.7 Å². The highest BCUT2D eigenvalue weighted by Gasteiger charge is 2.30. The SMILES string of the molecule is CN1c2ccc(Cl)nc2N(C)C1Cl. The highest BCUT2D eigenvalue weighted by molar-refractivity contribution is 6.30. The molecule has 1 aliphatic heterocycles. The van der Waals surface area contributed by atoms with E-state index in [0.29, 0.717) is 5.15 Å². The van der Waals surface area contributed by atoms with Crippen LogP contribution in [0.3, 0.4) is 0 Å². The first kappa shape index (κ1) is 8.91. The molecule has 0 saturated heterocycles. The van der Waals surface area contributed by atoms with Crippen LogP contribution >= 0.6 is 23.2 Å². The summed E-state index contributed by atoms with van der Waals surface area (Å²) in [5.41, 5.74) is 0.827. The molecule has 0 amide bonds. The van der Waals surface area contributed by atoms with Gasteiger partial charge in [0, 0.05) is 14.1 Å². The fraction of sp³-hybridized carbons (Fsp3) is 0.375. The molecule has 1 aromatic heterocycles. The molecule has 0 radical (unpaired) electrons. The largest absolute Gasteiger partial charge is 0.339 e. The van der Waals surface area contributed by atoms with Gasteiger partial charge in [-0.05, 0) is 12.1 Å². The van der Waals surface area contributed by atoms with Crippen molar-refractivity contribution in [1.82, 2.24) is 4.98 Å². The summed E-state index contributed by atoms with van der Waals surface area (Å²) >= 11 is 11.9. The number of fused-ring (bicyclic) bond motifs is 1. The molecule has 3 nitrogen and oxygen atoms in total. The molecular weight excluding hydrogens is 209 g/mol. The van der Waals surface area contributed by atoms with E-state index < -0.39 is 0 Å². The summed E-state index contributed by atoms with van der Waals surface area (Å²) in [6, 6.07) is 3.68. The molecule has 1 atom stereocenters. The lowest BCUT2D eigenvalue weighted by Crippen LogP contribution is -2.33. The van der Waals surface area contributed by atoms with Gasteiger partial charge in [0.1, 0.15) is 5.15 Å². The van der Waals surface area contributed by atoms with Gasteiger partial charge in [-0.1, -0.05) is 23.2 Å². The van der Waals surface area contributed by atoms with E-state index in [-0.39, 0.29) is 5.62 Å². The first-order valence-electron chi connectivity index (χ1n) is 3.87. The molecule has 1 aliphatic rings. The van der Waals surface area contributed by atoms with Gasteiger partial charge in [0.05, 0.1) is 5.69 Å². The van der Waals surface area contributed by atoms with Crippen molar-refractivity contribution in [2.75, 3.05) is 23.9 Å². The molecule has 0 fully saturated rings. The topological polar surface area (TPSA) is 19.4 Å². The van der Waals surface area contributed by atoms with Crippen molar-refractivity contribution in [2.45, 2.75) is 5.62 Å². The Morgan fingerprint density at radius 1 is 1.31 bits per heavy atom. The lowest BCUT2D eigenvalue weighted by molar-refractivity contribution is 0.839. The summed E-state index contributed by atoms with van der Waals surface area (Å²) in [5, 5.41) is 0.491. The zero-order valence-electron chi connectivity index (χ0n) is 7.33. The molecule has 1 unspecified atom stereocenters. The molecule has 70 valence electrons. The Labute approximate surface area is 86.9 Å². The third-order valence-electron chi connectivity index (χ3n) is 2.17. The van der Waals surface area contributed by atoms with Gasteiger partial charge >= 0.3 is 0 Å². The maximum absolute atomic E-state index is 6.10. The van der Waals surface area contributed by atoms with E-state index in [1.54, 1.807) is 6.07 Å². The fourth-order valence-corrected chi connectivity index (χ4v) is 1.77. The van der Waals surface area contributed by atoms with Gasteiger partial charge in [0.2, 0.25) is 0 Å². The lowest BCUT2D eigenvalue weighted by atomic mass is 10.4. The van der Waals surface area contributed by atoms with Crippen LogP contribution in [0.1, 0.15) is 0 Å². The van der Waals surface area contributed by atoms with Crippen molar-refractivity contribution >= 4 is 34.7 Å². The van der Waals surface area contributed by atoms with Crippen LogP contribution in [0.4, 0.5) is 11.5 Å². The van der Waals surface area contributed by atoms with Crippen LogP contribution in [0.25, 0.3) is 0 Å². The Morgan fingerprint density at radius 2 is 2.00 bits per heavy atom. The Balaban J connectivity index is 2.54. The summed E-state index contributed by atoms with van der Waals surface area (Å²) in [5.74, 6) is 0.829. The normalized spacial score (nSPS) is 20.8. The fourth-order valence-electron chi connectivity index (χ4n) is 1.43. The predicted octanol–water partition coefficient (Wildman–Crippen LogP) is 2.14. The second-order valence-electron chi connectivity index (χ2n) is 3.01. The number of anilines is 2. The summed E-state index contributed by atoms with van der Waals surface area (Å²) in [7, 11) is 3.82. The van der Waals surface area contributed by atoms with Gasteiger partial charge in [-0.3, -0.25) is 0 Å². The quantitative estimate of drug-likeness (QED) is 0.378. The van der Waals surface area contributed by atoms with Gasteiger partial charge in [-0.25, -0.2) is 4.98 Å². The lowest BCUT2D eigenvalue weighted by Gasteiger charge is -2.20. The third-order valence-corrected chi connectivity index (χ3v) is 2.97. The highest BCUT2D eigenvalue weighted by atomic mass is 35.5. The highest BCUT2D eigenvalue weighted by Crippen LogP contribution is 2.37. The van der Waals surface area contributed by atoms with Gasteiger partial charge in [0.15, 0.2) is 11.4 Å². The zero-order valence-corrected chi connectivity index (χ0v) is 8.84. The van der Waals surface area contributed by atoms with E-state index in [2.05, 4.69) is 4.98 Å². The first-order chi connectivity index (χ1) is 6.11. The standard InChI is InChI=1S/C8H9Cl2N3/c1-12-5-3-4-6(9)11-7(5)13(2)8(12)10/h3-4,8H,1-2H3. The van der Waals surface area contributed by atoms with E-state index in [9.17, 15) is 0 Å². The molecule has 0 N–H and O–H groups in total. The average molecular weight is 218 g/mol. The van der Waals surface area contributed by atoms with Gasteiger partial charge in [-0.15, -0.1) is 0 Å². The molecular formula is C8H9Cl2N3. The minimum Gasteiger partial charge on any atom is -0.339 e. The van der Waals surface area contributed by atoms with Crippen LogP contribution in [0.15, 0.2) is 12.1 Å².